The summed E-state index contributed by atoms with van der Waals surface area (Å²) in [5.74, 6) is 0.729. The fourth-order valence-electron chi connectivity index (χ4n) is 4.43. The lowest BCUT2D eigenvalue weighted by atomic mass is 9.92. The summed E-state index contributed by atoms with van der Waals surface area (Å²) in [6.45, 7) is 2.65. The molecule has 0 spiro atoms. The summed E-state index contributed by atoms with van der Waals surface area (Å²) in [5.41, 5.74) is 0.785. The number of aromatic nitrogens is 3. The lowest BCUT2D eigenvalue weighted by Crippen LogP contribution is -2.48. The first-order valence-electron chi connectivity index (χ1n) is 8.73. The molecule has 0 N–H and O–H groups in total. The Balaban J connectivity index is 1.44. The topological polar surface area (TPSA) is 46.3 Å². The summed E-state index contributed by atoms with van der Waals surface area (Å²) in [4.78, 5) is 17.3. The van der Waals surface area contributed by atoms with Gasteiger partial charge in [0.05, 0.1) is 6.54 Å². The van der Waals surface area contributed by atoms with E-state index >= 15 is 0 Å². The van der Waals surface area contributed by atoms with Gasteiger partial charge >= 0.3 is 0 Å². The van der Waals surface area contributed by atoms with Crippen LogP contribution in [0.2, 0.25) is 0 Å². The lowest BCUT2D eigenvalue weighted by Gasteiger charge is -2.37. The van der Waals surface area contributed by atoms with Crippen LogP contribution in [0.25, 0.3) is 0 Å². The van der Waals surface area contributed by atoms with Crippen molar-refractivity contribution in [2.45, 2.75) is 31.5 Å². The summed E-state index contributed by atoms with van der Waals surface area (Å²) < 4.78 is 3.93. The van der Waals surface area contributed by atoms with Crippen molar-refractivity contribution in [1.82, 2.24) is 24.1 Å². The van der Waals surface area contributed by atoms with Gasteiger partial charge in [-0.25, -0.2) is 0 Å². The van der Waals surface area contributed by atoms with Gasteiger partial charge in [0.25, 0.3) is 5.91 Å². The van der Waals surface area contributed by atoms with E-state index in [-0.39, 0.29) is 5.91 Å². The van der Waals surface area contributed by atoms with Crippen LogP contribution in [-0.2, 0) is 13.6 Å². The number of carbonyl (C=O) groups excluding carboxylic acids is 1. The third kappa shape index (κ3) is 2.65. The summed E-state index contributed by atoms with van der Waals surface area (Å²) in [5, 5.41) is 4.34. The van der Waals surface area contributed by atoms with Crippen molar-refractivity contribution in [1.29, 1.82) is 0 Å². The first kappa shape index (κ1) is 15.4. The van der Waals surface area contributed by atoms with Crippen LogP contribution in [0.5, 0.6) is 0 Å². The molecule has 6 nitrogen and oxygen atoms in total. The molecule has 2 aliphatic rings. The highest BCUT2D eigenvalue weighted by Crippen LogP contribution is 2.35. The van der Waals surface area contributed by atoms with Gasteiger partial charge in [0, 0.05) is 50.8 Å². The molecule has 128 valence electrons. The van der Waals surface area contributed by atoms with Crippen LogP contribution >= 0.6 is 0 Å². The van der Waals surface area contributed by atoms with Crippen LogP contribution in [0.1, 0.15) is 23.3 Å². The number of amides is 1. The standard InChI is InChI=1S/C18H25N5O/c1-20-8-3-5-17(20)18(24)22-10-6-16-14(12-22)11-15(21(16)2)13-23-9-4-7-19-23/h3-5,7-9,14-16H,6,10-13H2,1-2H3/t14-,15+,16+/m1/s1. The number of hydrogen-bond acceptors (Lipinski definition) is 3. The Morgan fingerprint density at radius 3 is 2.88 bits per heavy atom. The predicted molar refractivity (Wildman–Crippen MR) is 91.6 cm³/mol. The van der Waals surface area contributed by atoms with Crippen LogP contribution < -0.4 is 0 Å². The molecule has 2 aliphatic heterocycles. The van der Waals surface area contributed by atoms with Crippen molar-refractivity contribution >= 4 is 5.91 Å². The largest absolute Gasteiger partial charge is 0.347 e. The van der Waals surface area contributed by atoms with Crippen LogP contribution in [0.3, 0.4) is 0 Å². The average molecular weight is 327 g/mol. The molecule has 0 radical (unpaired) electrons. The van der Waals surface area contributed by atoms with E-state index in [0.717, 1.165) is 38.2 Å². The monoisotopic (exact) mass is 327 g/mol. The molecule has 2 aromatic rings. The summed E-state index contributed by atoms with van der Waals surface area (Å²) in [7, 11) is 4.16. The average Bonchev–Trinajstić information content (AvgIpc) is 3.29. The number of nitrogens with zero attached hydrogens (tertiary/aromatic N) is 5. The first-order chi connectivity index (χ1) is 11.6. The van der Waals surface area contributed by atoms with Gasteiger partial charge in [-0.15, -0.1) is 0 Å². The number of hydrogen-bond donors (Lipinski definition) is 0. The number of likely N-dealkylation sites (N-methyl/N-ethyl adjacent to an activating group) is 1. The molecule has 0 aliphatic carbocycles. The molecular formula is C18H25N5O. The highest BCUT2D eigenvalue weighted by molar-refractivity contribution is 5.92. The van der Waals surface area contributed by atoms with Gasteiger partial charge < -0.3 is 9.47 Å². The predicted octanol–water partition coefficient (Wildman–Crippen LogP) is 1.46. The Kier molecular flexibility index (Phi) is 3.92. The van der Waals surface area contributed by atoms with Crippen molar-refractivity contribution in [2.75, 3.05) is 20.1 Å². The smallest absolute Gasteiger partial charge is 0.270 e. The van der Waals surface area contributed by atoms with E-state index in [1.54, 1.807) is 0 Å². The number of piperidine rings is 1. The maximum Gasteiger partial charge on any atom is 0.270 e. The van der Waals surface area contributed by atoms with E-state index in [0.29, 0.717) is 18.0 Å². The molecule has 0 bridgehead atoms. The molecule has 0 unspecified atom stereocenters. The molecule has 3 atom stereocenters. The van der Waals surface area contributed by atoms with Crippen molar-refractivity contribution in [3.63, 3.8) is 0 Å². The minimum absolute atomic E-state index is 0.166. The van der Waals surface area contributed by atoms with Crippen LogP contribution in [-0.4, -0.2) is 62.3 Å². The molecule has 2 fully saturated rings. The maximum atomic E-state index is 12.8. The fourth-order valence-corrected chi connectivity index (χ4v) is 4.43. The minimum atomic E-state index is 0.166. The third-order valence-electron chi connectivity index (χ3n) is 5.77. The van der Waals surface area contributed by atoms with Gasteiger partial charge in [-0.05, 0) is 44.0 Å². The number of rotatable bonds is 3. The molecular weight excluding hydrogens is 302 g/mol. The van der Waals surface area contributed by atoms with Crippen LogP contribution in [0.15, 0.2) is 36.8 Å². The highest BCUT2D eigenvalue weighted by atomic mass is 16.2. The third-order valence-corrected chi connectivity index (χ3v) is 5.77. The summed E-state index contributed by atoms with van der Waals surface area (Å²) >= 11 is 0. The normalized spacial score (nSPS) is 27.4. The maximum absolute atomic E-state index is 12.8. The summed E-state index contributed by atoms with van der Waals surface area (Å²) in [6.07, 6.45) is 8.00. The van der Waals surface area contributed by atoms with Crippen molar-refractivity contribution in [3.8, 4) is 0 Å². The van der Waals surface area contributed by atoms with Gasteiger partial charge in [0.15, 0.2) is 0 Å². The molecule has 0 aromatic carbocycles. The van der Waals surface area contributed by atoms with E-state index in [2.05, 4.69) is 17.0 Å². The second kappa shape index (κ2) is 6.09. The Labute approximate surface area is 142 Å². The Morgan fingerprint density at radius 2 is 2.17 bits per heavy atom. The highest BCUT2D eigenvalue weighted by Gasteiger charge is 2.43. The number of carbonyl (C=O) groups is 1. The molecule has 4 rings (SSSR count). The van der Waals surface area contributed by atoms with Gasteiger partial charge in [-0.3, -0.25) is 14.4 Å². The molecule has 2 aromatic heterocycles. The van der Waals surface area contributed by atoms with E-state index in [1.165, 1.54) is 0 Å². The molecule has 0 saturated carbocycles. The molecule has 2 saturated heterocycles. The molecule has 6 heteroatoms. The second-order valence-corrected chi connectivity index (χ2v) is 7.15. The Bertz CT molecular complexity index is 707. The van der Waals surface area contributed by atoms with Gasteiger partial charge in [0.2, 0.25) is 0 Å². The van der Waals surface area contributed by atoms with Crippen LogP contribution in [0.4, 0.5) is 0 Å². The van der Waals surface area contributed by atoms with Crippen molar-refractivity contribution in [3.05, 3.63) is 42.5 Å². The van der Waals surface area contributed by atoms with E-state index < -0.39 is 0 Å². The number of fused-ring (bicyclic) bond motifs is 1. The Morgan fingerprint density at radius 1 is 1.29 bits per heavy atom. The quantitative estimate of drug-likeness (QED) is 0.857. The Hall–Kier alpha value is -2.08. The van der Waals surface area contributed by atoms with E-state index in [1.807, 2.05) is 58.0 Å². The fraction of sp³-hybridized carbons (Fsp3) is 0.556. The molecule has 24 heavy (non-hydrogen) atoms. The SMILES string of the molecule is CN1[C@H](Cn2cccn2)C[C@@H]2CN(C(=O)c3cccn3C)CC[C@@H]21. The molecule has 4 heterocycles. The van der Waals surface area contributed by atoms with Crippen LogP contribution in [0, 0.1) is 5.92 Å². The van der Waals surface area contributed by atoms with Gasteiger partial charge in [-0.1, -0.05) is 0 Å². The minimum Gasteiger partial charge on any atom is -0.347 e. The number of aryl methyl sites for hydroxylation is 1. The van der Waals surface area contributed by atoms with Crippen molar-refractivity contribution < 1.29 is 4.79 Å². The first-order valence-corrected chi connectivity index (χ1v) is 8.73. The van der Waals surface area contributed by atoms with E-state index in [9.17, 15) is 4.79 Å². The van der Waals surface area contributed by atoms with E-state index in [4.69, 9.17) is 0 Å². The van der Waals surface area contributed by atoms with Crippen molar-refractivity contribution in [2.24, 2.45) is 13.0 Å². The lowest BCUT2D eigenvalue weighted by molar-refractivity contribution is 0.0598. The van der Waals surface area contributed by atoms with Gasteiger partial charge in [-0.2, -0.15) is 5.10 Å². The van der Waals surface area contributed by atoms with Gasteiger partial charge in [0.1, 0.15) is 5.69 Å². The zero-order valence-corrected chi connectivity index (χ0v) is 14.4. The zero-order valence-electron chi connectivity index (χ0n) is 14.4. The summed E-state index contributed by atoms with van der Waals surface area (Å²) in [6, 6.07) is 6.91. The zero-order chi connectivity index (χ0) is 16.7. The molecule has 1 amide bonds. The number of likely N-dealkylation sites (tertiary alicyclic amines) is 2. The second-order valence-electron chi connectivity index (χ2n) is 7.15.